The van der Waals surface area contributed by atoms with Gasteiger partial charge in [0.05, 0.1) is 28.5 Å². The van der Waals surface area contributed by atoms with Crippen molar-refractivity contribution < 1.29 is 18.3 Å². The van der Waals surface area contributed by atoms with Crippen molar-refractivity contribution in [1.29, 1.82) is 5.26 Å². The SMILES string of the molecule is CCOCCn1c(=NC(=O)c2ccc(C#N)cc2)sc2cc(F)cc(F)c21. The van der Waals surface area contributed by atoms with Crippen molar-refractivity contribution in [3.05, 3.63) is 64.0 Å². The van der Waals surface area contributed by atoms with E-state index < -0.39 is 17.5 Å². The minimum Gasteiger partial charge on any atom is -0.380 e. The third-order valence-electron chi connectivity index (χ3n) is 3.82. The van der Waals surface area contributed by atoms with E-state index in [4.69, 9.17) is 10.00 Å². The summed E-state index contributed by atoms with van der Waals surface area (Å²) in [5, 5.41) is 8.83. The molecule has 1 amide bonds. The van der Waals surface area contributed by atoms with Crippen molar-refractivity contribution in [2.45, 2.75) is 13.5 Å². The van der Waals surface area contributed by atoms with Crippen molar-refractivity contribution in [3.63, 3.8) is 0 Å². The highest BCUT2D eigenvalue weighted by atomic mass is 32.1. The zero-order valence-corrected chi connectivity index (χ0v) is 15.2. The molecule has 0 aliphatic rings. The van der Waals surface area contributed by atoms with E-state index >= 15 is 0 Å². The van der Waals surface area contributed by atoms with Crippen LogP contribution in [0.3, 0.4) is 0 Å². The number of thiazole rings is 1. The Kier molecular flexibility index (Phi) is 5.74. The Bertz CT molecular complexity index is 1100. The van der Waals surface area contributed by atoms with Crippen LogP contribution in [0.15, 0.2) is 41.4 Å². The quantitative estimate of drug-likeness (QED) is 0.628. The molecule has 0 saturated carbocycles. The predicted octanol–water partition coefficient (Wildman–Crippen LogP) is 3.63. The Morgan fingerprint density at radius 2 is 2.04 bits per heavy atom. The van der Waals surface area contributed by atoms with Crippen LogP contribution >= 0.6 is 11.3 Å². The highest BCUT2D eigenvalue weighted by molar-refractivity contribution is 7.16. The van der Waals surface area contributed by atoms with Crippen LogP contribution < -0.4 is 4.80 Å². The van der Waals surface area contributed by atoms with E-state index in [2.05, 4.69) is 4.99 Å². The van der Waals surface area contributed by atoms with E-state index in [1.807, 2.05) is 13.0 Å². The molecule has 5 nitrogen and oxygen atoms in total. The van der Waals surface area contributed by atoms with Crippen LogP contribution in [-0.2, 0) is 11.3 Å². The lowest BCUT2D eigenvalue weighted by Gasteiger charge is -2.06. The van der Waals surface area contributed by atoms with E-state index in [0.29, 0.717) is 29.0 Å². The molecule has 0 fully saturated rings. The molecule has 0 aliphatic carbocycles. The Balaban J connectivity index is 2.09. The summed E-state index contributed by atoms with van der Waals surface area (Å²) in [6.45, 7) is 2.91. The third kappa shape index (κ3) is 4.10. The first-order chi connectivity index (χ1) is 13.0. The number of carbonyl (C=O) groups excluding carboxylic acids is 1. The average molecular weight is 387 g/mol. The molecule has 0 radical (unpaired) electrons. The number of halogens is 2. The smallest absolute Gasteiger partial charge is 0.279 e. The van der Waals surface area contributed by atoms with Crippen molar-refractivity contribution in [1.82, 2.24) is 4.57 Å². The second-order valence-corrected chi connectivity index (χ2v) is 6.58. The molecule has 1 heterocycles. The van der Waals surface area contributed by atoms with Gasteiger partial charge < -0.3 is 9.30 Å². The van der Waals surface area contributed by atoms with E-state index in [0.717, 1.165) is 17.4 Å². The molecule has 0 unspecified atom stereocenters. The number of nitriles is 1. The number of ether oxygens (including phenoxy) is 1. The van der Waals surface area contributed by atoms with Crippen molar-refractivity contribution in [3.8, 4) is 6.07 Å². The van der Waals surface area contributed by atoms with Gasteiger partial charge in [-0.05, 0) is 37.3 Å². The number of rotatable bonds is 5. The minimum absolute atomic E-state index is 0.187. The molecular weight excluding hydrogens is 372 g/mol. The van der Waals surface area contributed by atoms with Gasteiger partial charge in [0.2, 0.25) is 0 Å². The van der Waals surface area contributed by atoms with E-state index in [-0.39, 0.29) is 16.9 Å². The Morgan fingerprint density at radius 1 is 1.30 bits per heavy atom. The van der Waals surface area contributed by atoms with E-state index in [1.54, 1.807) is 0 Å². The first kappa shape index (κ1) is 18.9. The van der Waals surface area contributed by atoms with Crippen molar-refractivity contribution >= 4 is 27.5 Å². The lowest BCUT2D eigenvalue weighted by molar-refractivity contribution is 0.0996. The summed E-state index contributed by atoms with van der Waals surface area (Å²) in [5.41, 5.74) is 0.916. The molecule has 2 aromatic carbocycles. The number of nitrogens with zero attached hydrogens (tertiary/aromatic N) is 3. The lowest BCUT2D eigenvalue weighted by Crippen LogP contribution is -2.20. The maximum atomic E-state index is 14.3. The Labute approximate surface area is 157 Å². The number of benzene rings is 2. The summed E-state index contributed by atoms with van der Waals surface area (Å²) < 4.78 is 35.1. The minimum atomic E-state index is -0.718. The number of fused-ring (bicyclic) bond motifs is 1. The number of hydrogen-bond acceptors (Lipinski definition) is 4. The summed E-state index contributed by atoms with van der Waals surface area (Å²) in [6, 6.07) is 10.0. The van der Waals surface area contributed by atoms with Crippen LogP contribution in [0.5, 0.6) is 0 Å². The molecule has 0 saturated heterocycles. The molecule has 27 heavy (non-hydrogen) atoms. The molecular formula is C19H15F2N3O2S. The zero-order chi connectivity index (χ0) is 19.4. The zero-order valence-electron chi connectivity index (χ0n) is 14.4. The predicted molar refractivity (Wildman–Crippen MR) is 97.3 cm³/mol. The van der Waals surface area contributed by atoms with Crippen molar-refractivity contribution in [2.24, 2.45) is 4.99 Å². The maximum absolute atomic E-state index is 14.3. The lowest BCUT2D eigenvalue weighted by atomic mass is 10.1. The van der Waals surface area contributed by atoms with Crippen LogP contribution in [0.2, 0.25) is 0 Å². The topological polar surface area (TPSA) is 67.4 Å². The first-order valence-electron chi connectivity index (χ1n) is 8.19. The van der Waals surface area contributed by atoms with E-state index in [9.17, 15) is 13.6 Å². The molecule has 1 aromatic heterocycles. The molecule has 0 N–H and O–H groups in total. The van der Waals surface area contributed by atoms with Gasteiger partial charge in [-0.1, -0.05) is 11.3 Å². The van der Waals surface area contributed by atoms with Crippen LogP contribution in [-0.4, -0.2) is 23.7 Å². The molecule has 0 atom stereocenters. The molecule has 0 bridgehead atoms. The summed E-state index contributed by atoms with van der Waals surface area (Å²) >= 11 is 1.03. The van der Waals surface area contributed by atoms with Gasteiger partial charge in [-0.3, -0.25) is 4.79 Å². The first-order valence-corrected chi connectivity index (χ1v) is 9.00. The van der Waals surface area contributed by atoms with Gasteiger partial charge in [0.15, 0.2) is 10.6 Å². The van der Waals surface area contributed by atoms with Gasteiger partial charge in [0.25, 0.3) is 5.91 Å². The van der Waals surface area contributed by atoms with Gasteiger partial charge >= 0.3 is 0 Å². The van der Waals surface area contributed by atoms with Crippen LogP contribution in [0.4, 0.5) is 8.78 Å². The summed E-state index contributed by atoms with van der Waals surface area (Å²) in [5.74, 6) is -1.94. The third-order valence-corrected chi connectivity index (χ3v) is 4.84. The number of hydrogen-bond donors (Lipinski definition) is 0. The van der Waals surface area contributed by atoms with Gasteiger partial charge in [0.1, 0.15) is 5.82 Å². The van der Waals surface area contributed by atoms with Crippen LogP contribution in [0.25, 0.3) is 10.2 Å². The molecule has 3 aromatic rings. The standard InChI is InChI=1S/C19H15F2N3O2S/c1-2-26-8-7-24-17-15(21)9-14(20)10-16(17)27-19(24)23-18(25)13-5-3-12(11-22)4-6-13/h3-6,9-10H,2,7-8H2,1H3. The van der Waals surface area contributed by atoms with Gasteiger partial charge in [-0.15, -0.1) is 0 Å². The number of aromatic nitrogens is 1. The number of carbonyl (C=O) groups is 1. The molecule has 8 heteroatoms. The van der Waals surface area contributed by atoms with Gasteiger partial charge in [-0.25, -0.2) is 8.78 Å². The Morgan fingerprint density at radius 3 is 2.70 bits per heavy atom. The fourth-order valence-electron chi connectivity index (χ4n) is 2.56. The summed E-state index contributed by atoms with van der Waals surface area (Å²) in [7, 11) is 0. The van der Waals surface area contributed by atoms with E-state index in [1.165, 1.54) is 34.9 Å². The summed E-state index contributed by atoms with van der Waals surface area (Å²) in [4.78, 5) is 16.8. The largest absolute Gasteiger partial charge is 0.380 e. The van der Waals surface area contributed by atoms with Crippen molar-refractivity contribution in [2.75, 3.05) is 13.2 Å². The van der Waals surface area contributed by atoms with Crippen LogP contribution in [0.1, 0.15) is 22.8 Å². The number of amides is 1. The second-order valence-electron chi connectivity index (χ2n) is 5.57. The fourth-order valence-corrected chi connectivity index (χ4v) is 3.65. The highest BCUT2D eigenvalue weighted by Gasteiger charge is 2.14. The molecule has 138 valence electrons. The molecule has 0 spiro atoms. The van der Waals surface area contributed by atoms with Gasteiger partial charge in [-0.2, -0.15) is 10.3 Å². The van der Waals surface area contributed by atoms with Crippen LogP contribution in [0, 0.1) is 23.0 Å². The fraction of sp³-hybridized carbons (Fsp3) is 0.211. The molecule has 0 aliphatic heterocycles. The van der Waals surface area contributed by atoms with Gasteiger partial charge in [0, 0.05) is 24.8 Å². The maximum Gasteiger partial charge on any atom is 0.279 e. The normalized spacial score (nSPS) is 11.7. The molecule has 3 rings (SSSR count). The average Bonchev–Trinajstić information content (AvgIpc) is 2.99. The highest BCUT2D eigenvalue weighted by Crippen LogP contribution is 2.22. The Hall–Kier alpha value is -2.89. The monoisotopic (exact) mass is 387 g/mol. The summed E-state index contributed by atoms with van der Waals surface area (Å²) in [6.07, 6.45) is 0. The second kappa shape index (κ2) is 8.20.